The smallest absolute Gasteiger partial charge is 0.115 e. The monoisotopic (exact) mass is 396 g/mol. The fourth-order valence-electron chi connectivity index (χ4n) is 2.40. The Labute approximate surface area is 136 Å². The van der Waals surface area contributed by atoms with Gasteiger partial charge >= 0.3 is 0 Å². The van der Waals surface area contributed by atoms with Gasteiger partial charge in [-0.3, -0.25) is 0 Å². The van der Waals surface area contributed by atoms with Crippen molar-refractivity contribution >= 4 is 28.8 Å². The normalized spacial score (nSPS) is 11.3. The molecule has 2 aromatic carbocycles. The first kappa shape index (κ1) is 15.6. The van der Waals surface area contributed by atoms with E-state index < -0.39 is 0 Å². The zero-order valence-electron chi connectivity index (χ0n) is 11.9. The lowest BCUT2D eigenvalue weighted by atomic mass is 9.95. The van der Waals surface area contributed by atoms with E-state index in [2.05, 4.69) is 53.0 Å². The lowest BCUT2D eigenvalue weighted by Crippen LogP contribution is -1.92. The standard InChI is InChI=1S/C17H21IOSi/c1-2-13-5-7-14(8-6-13)17-10-9-16(19)12-15(17)4-3-11-20-18/h5-10,12,19H,2-4,11,20H2,1H3. The van der Waals surface area contributed by atoms with Crippen LogP contribution < -0.4 is 0 Å². The number of benzene rings is 2. The zero-order valence-corrected chi connectivity index (χ0v) is 15.5. The van der Waals surface area contributed by atoms with Gasteiger partial charge in [0.05, 0.1) is 7.02 Å². The van der Waals surface area contributed by atoms with Gasteiger partial charge in [0.1, 0.15) is 5.75 Å². The summed E-state index contributed by atoms with van der Waals surface area (Å²) in [6, 6.07) is 15.9. The molecule has 106 valence electrons. The maximum Gasteiger partial charge on any atom is 0.115 e. The van der Waals surface area contributed by atoms with Crippen LogP contribution >= 0.6 is 21.8 Å². The van der Waals surface area contributed by atoms with Gasteiger partial charge in [-0.25, -0.2) is 0 Å². The molecule has 0 spiro atoms. The van der Waals surface area contributed by atoms with Crippen LogP contribution in [-0.4, -0.2) is 12.1 Å². The second kappa shape index (κ2) is 7.83. The van der Waals surface area contributed by atoms with Crippen LogP contribution in [0, 0.1) is 0 Å². The molecular weight excluding hydrogens is 375 g/mol. The summed E-state index contributed by atoms with van der Waals surface area (Å²) in [5.74, 6) is 0.376. The predicted molar refractivity (Wildman–Crippen MR) is 98.6 cm³/mol. The van der Waals surface area contributed by atoms with Crippen molar-refractivity contribution in [3.63, 3.8) is 0 Å². The topological polar surface area (TPSA) is 20.2 Å². The predicted octanol–water partition coefficient (Wildman–Crippen LogP) is 4.49. The van der Waals surface area contributed by atoms with Crippen LogP contribution in [-0.2, 0) is 12.8 Å². The average Bonchev–Trinajstić information content (AvgIpc) is 2.48. The Kier molecular flexibility index (Phi) is 6.10. The molecule has 1 nitrogen and oxygen atoms in total. The Morgan fingerprint density at radius 1 is 1.10 bits per heavy atom. The molecule has 0 saturated heterocycles. The van der Waals surface area contributed by atoms with Crippen molar-refractivity contribution in [2.45, 2.75) is 32.2 Å². The maximum atomic E-state index is 9.73. The number of phenols is 1. The Morgan fingerprint density at radius 2 is 1.85 bits per heavy atom. The van der Waals surface area contributed by atoms with Crippen molar-refractivity contribution in [1.29, 1.82) is 0 Å². The lowest BCUT2D eigenvalue weighted by molar-refractivity contribution is 0.474. The summed E-state index contributed by atoms with van der Waals surface area (Å²) in [4.78, 5) is 0. The fraction of sp³-hybridized carbons (Fsp3) is 0.294. The summed E-state index contributed by atoms with van der Waals surface area (Å²) < 4.78 is 0. The molecule has 3 heteroatoms. The molecule has 0 amide bonds. The number of halogens is 1. The van der Waals surface area contributed by atoms with Crippen LogP contribution in [0.2, 0.25) is 6.04 Å². The van der Waals surface area contributed by atoms with Crippen molar-refractivity contribution in [3.8, 4) is 16.9 Å². The van der Waals surface area contributed by atoms with Gasteiger partial charge in [0.15, 0.2) is 0 Å². The van der Waals surface area contributed by atoms with E-state index in [0.717, 1.165) is 12.8 Å². The highest BCUT2D eigenvalue weighted by Gasteiger charge is 2.06. The van der Waals surface area contributed by atoms with Gasteiger partial charge in [0.2, 0.25) is 0 Å². The Bertz CT molecular complexity index is 551. The van der Waals surface area contributed by atoms with Gasteiger partial charge in [-0.1, -0.05) is 49.7 Å². The molecule has 0 heterocycles. The highest BCUT2D eigenvalue weighted by molar-refractivity contribution is 14.1. The lowest BCUT2D eigenvalue weighted by Gasteiger charge is -2.11. The Morgan fingerprint density at radius 3 is 2.50 bits per heavy atom. The number of phenolic OH excluding ortho intramolecular Hbond substituents is 1. The summed E-state index contributed by atoms with van der Waals surface area (Å²) in [6.07, 6.45) is 3.37. The fourth-order valence-corrected chi connectivity index (χ4v) is 4.46. The Hall–Kier alpha value is -0.813. The van der Waals surface area contributed by atoms with E-state index in [-0.39, 0.29) is 7.02 Å². The van der Waals surface area contributed by atoms with E-state index in [1.54, 1.807) is 6.07 Å². The zero-order chi connectivity index (χ0) is 14.4. The van der Waals surface area contributed by atoms with Crippen LogP contribution in [0.5, 0.6) is 5.75 Å². The van der Waals surface area contributed by atoms with E-state index in [1.165, 1.54) is 34.7 Å². The summed E-state index contributed by atoms with van der Waals surface area (Å²) in [5, 5.41) is 9.73. The van der Waals surface area contributed by atoms with Crippen LogP contribution in [0.15, 0.2) is 42.5 Å². The summed E-state index contributed by atoms with van der Waals surface area (Å²) in [6.45, 7) is 2.18. The van der Waals surface area contributed by atoms with E-state index in [0.29, 0.717) is 5.75 Å². The molecule has 0 aliphatic carbocycles. The molecule has 0 atom stereocenters. The van der Waals surface area contributed by atoms with Gasteiger partial charge in [0.25, 0.3) is 0 Å². The number of hydrogen-bond donors (Lipinski definition) is 1. The highest BCUT2D eigenvalue weighted by Crippen LogP contribution is 2.28. The maximum absolute atomic E-state index is 9.73. The number of rotatable bonds is 6. The minimum Gasteiger partial charge on any atom is -0.508 e. The molecule has 20 heavy (non-hydrogen) atoms. The highest BCUT2D eigenvalue weighted by atomic mass is 127. The number of aromatic hydroxyl groups is 1. The first-order valence-electron chi connectivity index (χ1n) is 7.21. The third-order valence-corrected chi connectivity index (χ3v) is 6.65. The van der Waals surface area contributed by atoms with Gasteiger partial charge in [-0.2, -0.15) is 0 Å². The molecule has 0 radical (unpaired) electrons. The first-order chi connectivity index (χ1) is 9.74. The molecular formula is C17H21IOSi. The molecule has 0 fully saturated rings. The third kappa shape index (κ3) is 4.09. The molecule has 0 saturated carbocycles. The van der Waals surface area contributed by atoms with Gasteiger partial charge in [0, 0.05) is 0 Å². The molecule has 2 rings (SSSR count). The number of aryl methyl sites for hydroxylation is 2. The van der Waals surface area contributed by atoms with Gasteiger partial charge < -0.3 is 5.11 Å². The van der Waals surface area contributed by atoms with Gasteiger partial charge in [-0.15, -0.1) is 21.8 Å². The largest absolute Gasteiger partial charge is 0.508 e. The molecule has 0 unspecified atom stereocenters. The SMILES string of the molecule is CCc1ccc(-c2ccc(O)cc2CCC[SiH2]I)cc1. The molecule has 0 aliphatic heterocycles. The molecule has 0 aromatic heterocycles. The molecule has 1 N–H and O–H groups in total. The van der Waals surface area contributed by atoms with E-state index in [9.17, 15) is 5.11 Å². The van der Waals surface area contributed by atoms with Crippen LogP contribution in [0.1, 0.15) is 24.5 Å². The summed E-state index contributed by atoms with van der Waals surface area (Å²) in [5.41, 5.74) is 5.16. The molecule has 0 bridgehead atoms. The second-order valence-electron chi connectivity index (χ2n) is 5.04. The van der Waals surface area contributed by atoms with Crippen molar-refractivity contribution in [3.05, 3.63) is 53.6 Å². The Balaban J connectivity index is 2.28. The minimum atomic E-state index is 0.112. The average molecular weight is 396 g/mol. The molecule has 0 aliphatic rings. The van der Waals surface area contributed by atoms with E-state index in [4.69, 9.17) is 0 Å². The summed E-state index contributed by atoms with van der Waals surface area (Å²) >= 11 is 2.55. The van der Waals surface area contributed by atoms with Crippen molar-refractivity contribution < 1.29 is 5.11 Å². The summed E-state index contributed by atoms with van der Waals surface area (Å²) in [7, 11) is 0.112. The van der Waals surface area contributed by atoms with Crippen LogP contribution in [0.25, 0.3) is 11.1 Å². The number of hydrogen-bond acceptors (Lipinski definition) is 1. The second-order valence-corrected chi connectivity index (χ2v) is 9.36. The van der Waals surface area contributed by atoms with E-state index >= 15 is 0 Å². The quantitative estimate of drug-likeness (QED) is 0.330. The van der Waals surface area contributed by atoms with Gasteiger partial charge in [-0.05, 0) is 47.2 Å². The van der Waals surface area contributed by atoms with Crippen LogP contribution in [0.3, 0.4) is 0 Å². The third-order valence-electron chi connectivity index (χ3n) is 3.59. The van der Waals surface area contributed by atoms with E-state index in [1.807, 2.05) is 12.1 Å². The van der Waals surface area contributed by atoms with Crippen molar-refractivity contribution in [2.75, 3.05) is 0 Å². The van der Waals surface area contributed by atoms with Crippen LogP contribution in [0.4, 0.5) is 0 Å². The minimum absolute atomic E-state index is 0.112. The molecule has 2 aromatic rings. The first-order valence-corrected chi connectivity index (χ1v) is 13.3. The van der Waals surface area contributed by atoms with Crippen molar-refractivity contribution in [2.24, 2.45) is 0 Å². The van der Waals surface area contributed by atoms with Crippen molar-refractivity contribution in [1.82, 2.24) is 0 Å².